The molecule has 0 amide bonds. The molecule has 1 aliphatic carbocycles. The molecule has 0 N–H and O–H groups in total. The van der Waals surface area contributed by atoms with Crippen LogP contribution in [0.3, 0.4) is 0 Å². The Labute approximate surface area is 74.2 Å². The molecule has 0 aromatic rings. The summed E-state index contributed by atoms with van der Waals surface area (Å²) >= 11 is 0. The van der Waals surface area contributed by atoms with Crippen molar-refractivity contribution in [1.82, 2.24) is 0 Å². The molecule has 1 atom stereocenters. The summed E-state index contributed by atoms with van der Waals surface area (Å²) in [7, 11) is 1.42. The van der Waals surface area contributed by atoms with Gasteiger partial charge >= 0.3 is 0 Å². The third-order valence-corrected chi connectivity index (χ3v) is 5.78. The summed E-state index contributed by atoms with van der Waals surface area (Å²) in [5, 5.41) is 0.826. The lowest BCUT2D eigenvalue weighted by atomic mass is 9.78. The van der Waals surface area contributed by atoms with Crippen LogP contribution in [-0.2, 0) is 0 Å². The highest BCUT2D eigenvalue weighted by Crippen LogP contribution is 2.47. The summed E-state index contributed by atoms with van der Waals surface area (Å²) < 4.78 is 0. The number of hydrogen-bond donors (Lipinski definition) is 0. The zero-order valence-corrected chi connectivity index (χ0v) is 10.3. The molecule has 0 saturated heterocycles. The van der Waals surface area contributed by atoms with E-state index in [0.29, 0.717) is 0 Å². The monoisotopic (exact) mass is 170 g/mol. The van der Waals surface area contributed by atoms with Crippen LogP contribution in [0.1, 0.15) is 52.4 Å². The lowest BCUT2D eigenvalue weighted by molar-refractivity contribution is 0.279. The van der Waals surface area contributed by atoms with Crippen molar-refractivity contribution in [3.05, 3.63) is 0 Å². The predicted molar refractivity (Wildman–Crippen MR) is 55.2 cm³/mol. The Morgan fingerprint density at radius 1 is 1.27 bits per heavy atom. The highest BCUT2D eigenvalue weighted by atomic mass is 28.1. The van der Waals surface area contributed by atoms with E-state index in [2.05, 4.69) is 13.8 Å². The van der Waals surface area contributed by atoms with Gasteiger partial charge in [0.1, 0.15) is 0 Å². The fraction of sp³-hybridized carbons (Fsp3) is 1.00. The summed E-state index contributed by atoms with van der Waals surface area (Å²) in [6.45, 7) is 4.80. The maximum Gasteiger partial charge on any atom is 0.0110 e. The summed E-state index contributed by atoms with van der Waals surface area (Å²) in [5.74, 6) is 0.995. The van der Waals surface area contributed by atoms with Crippen molar-refractivity contribution in [3.8, 4) is 0 Å². The van der Waals surface area contributed by atoms with Gasteiger partial charge in [0, 0.05) is 10.2 Å². The van der Waals surface area contributed by atoms with E-state index in [0.717, 1.165) is 11.0 Å². The second kappa shape index (κ2) is 3.75. The molecule has 0 heterocycles. The van der Waals surface area contributed by atoms with Gasteiger partial charge in [-0.2, -0.15) is 0 Å². The van der Waals surface area contributed by atoms with E-state index >= 15 is 0 Å². The van der Waals surface area contributed by atoms with Crippen LogP contribution >= 0.6 is 0 Å². The molecule has 1 heteroatoms. The molecule has 0 aliphatic heterocycles. The van der Waals surface area contributed by atoms with Crippen molar-refractivity contribution in [2.75, 3.05) is 0 Å². The zero-order valence-electron chi connectivity index (χ0n) is 8.32. The van der Waals surface area contributed by atoms with Crippen LogP contribution in [0.2, 0.25) is 5.04 Å². The first-order valence-electron chi connectivity index (χ1n) is 5.19. The highest BCUT2D eigenvalue weighted by molar-refractivity contribution is 6.15. The number of rotatable bonds is 2. The molecular formula is C10H22Si. The normalized spacial score (nSPS) is 26.7. The molecule has 0 aromatic carbocycles. The van der Waals surface area contributed by atoms with E-state index in [1.54, 1.807) is 0 Å². The highest BCUT2D eigenvalue weighted by Gasteiger charge is 2.30. The first-order valence-corrected chi connectivity index (χ1v) is 6.19. The Kier molecular flexibility index (Phi) is 3.17. The Bertz CT molecular complexity index is 114. The summed E-state index contributed by atoms with van der Waals surface area (Å²) in [4.78, 5) is 0. The van der Waals surface area contributed by atoms with Gasteiger partial charge in [-0.3, -0.25) is 0 Å². The van der Waals surface area contributed by atoms with E-state index in [1.807, 2.05) is 0 Å². The smallest absolute Gasteiger partial charge is 0.0110 e. The maximum atomic E-state index is 2.46. The first-order chi connectivity index (χ1) is 5.19. The first kappa shape index (κ1) is 9.31. The summed E-state index contributed by atoms with van der Waals surface area (Å²) in [5.41, 5.74) is 0. The molecule has 11 heavy (non-hydrogen) atoms. The Morgan fingerprint density at radius 3 is 2.27 bits per heavy atom. The Balaban J connectivity index is 2.49. The van der Waals surface area contributed by atoms with E-state index in [4.69, 9.17) is 0 Å². The quantitative estimate of drug-likeness (QED) is 0.559. The molecule has 0 bridgehead atoms. The largest absolute Gasteiger partial charge is 0.0651 e. The molecular weight excluding hydrogens is 148 g/mol. The third kappa shape index (κ3) is 2.08. The molecule has 1 saturated carbocycles. The van der Waals surface area contributed by atoms with Crippen molar-refractivity contribution in [2.24, 2.45) is 5.92 Å². The average molecular weight is 170 g/mol. The van der Waals surface area contributed by atoms with E-state index in [9.17, 15) is 0 Å². The van der Waals surface area contributed by atoms with Gasteiger partial charge in [0.2, 0.25) is 0 Å². The molecule has 0 spiro atoms. The van der Waals surface area contributed by atoms with Crippen molar-refractivity contribution >= 4 is 10.2 Å². The molecule has 0 aromatic heterocycles. The van der Waals surface area contributed by atoms with Crippen molar-refractivity contribution < 1.29 is 0 Å². The lowest BCUT2D eigenvalue weighted by Gasteiger charge is -2.38. The minimum absolute atomic E-state index is 0.826. The van der Waals surface area contributed by atoms with Crippen LogP contribution in [0, 0.1) is 5.92 Å². The fourth-order valence-electron chi connectivity index (χ4n) is 2.35. The molecule has 1 aliphatic rings. The van der Waals surface area contributed by atoms with Gasteiger partial charge in [-0.1, -0.05) is 52.4 Å². The molecule has 0 nitrogen and oxygen atoms in total. The minimum atomic E-state index is 0.826. The molecule has 0 radical (unpaired) electrons. The van der Waals surface area contributed by atoms with Crippen molar-refractivity contribution in [3.63, 3.8) is 0 Å². The molecule has 1 rings (SSSR count). The van der Waals surface area contributed by atoms with E-state index in [1.165, 1.54) is 48.8 Å². The van der Waals surface area contributed by atoms with Crippen LogP contribution < -0.4 is 0 Å². The zero-order chi connectivity index (χ0) is 8.32. The average Bonchev–Trinajstić information content (AvgIpc) is 2.04. The summed E-state index contributed by atoms with van der Waals surface area (Å²) in [6.07, 6.45) is 8.98. The lowest BCUT2D eigenvalue weighted by Crippen LogP contribution is -2.24. The van der Waals surface area contributed by atoms with Gasteiger partial charge in [0.25, 0.3) is 0 Å². The van der Waals surface area contributed by atoms with Gasteiger partial charge in [0.15, 0.2) is 0 Å². The SMILES string of the molecule is CCC(C)C1([SiH3])CCCCC1. The molecule has 1 fully saturated rings. The standard InChI is InChI=1S/C10H22Si/c1-3-9(2)10(11)7-5-4-6-8-10/h9H,3-8H2,1-2,11H3. The number of hydrogen-bond acceptors (Lipinski definition) is 0. The predicted octanol–water partition coefficient (Wildman–Crippen LogP) is 2.52. The molecule has 66 valence electrons. The van der Waals surface area contributed by atoms with Crippen LogP contribution in [0.4, 0.5) is 0 Å². The van der Waals surface area contributed by atoms with Gasteiger partial charge in [0.05, 0.1) is 0 Å². The Hall–Kier alpha value is 0.217. The van der Waals surface area contributed by atoms with Gasteiger partial charge in [-0.25, -0.2) is 0 Å². The third-order valence-electron chi connectivity index (χ3n) is 3.80. The van der Waals surface area contributed by atoms with Crippen LogP contribution in [0.15, 0.2) is 0 Å². The van der Waals surface area contributed by atoms with Crippen molar-refractivity contribution in [1.29, 1.82) is 0 Å². The fourth-order valence-corrected chi connectivity index (χ4v) is 3.46. The van der Waals surface area contributed by atoms with Crippen molar-refractivity contribution in [2.45, 2.75) is 57.4 Å². The second-order valence-corrected chi connectivity index (χ2v) is 6.52. The van der Waals surface area contributed by atoms with Crippen LogP contribution in [-0.4, -0.2) is 10.2 Å². The van der Waals surface area contributed by atoms with Gasteiger partial charge < -0.3 is 0 Å². The van der Waals surface area contributed by atoms with Gasteiger partial charge in [-0.05, 0) is 11.0 Å². The Morgan fingerprint density at radius 2 is 1.82 bits per heavy atom. The second-order valence-electron chi connectivity index (χ2n) is 4.52. The van der Waals surface area contributed by atoms with Crippen LogP contribution in [0.5, 0.6) is 0 Å². The van der Waals surface area contributed by atoms with Gasteiger partial charge in [-0.15, -0.1) is 0 Å². The minimum Gasteiger partial charge on any atom is -0.0651 e. The van der Waals surface area contributed by atoms with Crippen LogP contribution in [0.25, 0.3) is 0 Å². The van der Waals surface area contributed by atoms with E-state index < -0.39 is 0 Å². The topological polar surface area (TPSA) is 0 Å². The summed E-state index contributed by atoms with van der Waals surface area (Å²) in [6, 6.07) is 0. The maximum absolute atomic E-state index is 2.46. The van der Waals surface area contributed by atoms with E-state index in [-0.39, 0.29) is 0 Å². The molecule has 1 unspecified atom stereocenters.